The van der Waals surface area contributed by atoms with Crippen LogP contribution in [0.4, 0.5) is 5.69 Å². The molecule has 5 nitrogen and oxygen atoms in total. The number of hydrogen-bond acceptors (Lipinski definition) is 4. The van der Waals surface area contributed by atoms with Crippen LogP contribution in [-0.4, -0.2) is 25.5 Å². The van der Waals surface area contributed by atoms with Gasteiger partial charge >= 0.3 is 11.8 Å². The zero-order chi connectivity index (χ0) is 17.7. The molecule has 128 valence electrons. The van der Waals surface area contributed by atoms with E-state index in [4.69, 9.17) is 4.74 Å². The van der Waals surface area contributed by atoms with E-state index in [9.17, 15) is 9.59 Å². The first-order valence-electron chi connectivity index (χ1n) is 7.66. The quantitative estimate of drug-likeness (QED) is 0.818. The van der Waals surface area contributed by atoms with Crippen molar-refractivity contribution in [3.63, 3.8) is 0 Å². The normalized spacial score (nSPS) is 11.8. The van der Waals surface area contributed by atoms with Crippen molar-refractivity contribution in [2.24, 2.45) is 0 Å². The summed E-state index contributed by atoms with van der Waals surface area (Å²) in [6.45, 7) is 6.20. The maximum Gasteiger partial charge on any atom is 0.313 e. The molecule has 1 atom stereocenters. The van der Waals surface area contributed by atoms with Crippen LogP contribution in [0, 0.1) is 20.8 Å². The molecule has 0 aliphatic carbocycles. The lowest BCUT2D eigenvalue weighted by Crippen LogP contribution is -2.37. The minimum absolute atomic E-state index is 0.246. The van der Waals surface area contributed by atoms with Crippen LogP contribution in [0.2, 0.25) is 0 Å². The molecule has 0 unspecified atom stereocenters. The molecule has 0 saturated heterocycles. The Labute approximate surface area is 146 Å². The number of benzene rings is 1. The average molecular weight is 346 g/mol. The highest BCUT2D eigenvalue weighted by molar-refractivity contribution is 7.12. The molecular formula is C18H22N2O3S. The molecule has 0 spiro atoms. The number of aryl methyl sites for hydroxylation is 3. The first-order valence-corrected chi connectivity index (χ1v) is 8.48. The fraction of sp³-hybridized carbons (Fsp3) is 0.333. The number of methoxy groups -OCH3 is 1. The van der Waals surface area contributed by atoms with E-state index >= 15 is 0 Å². The second-order valence-electron chi connectivity index (χ2n) is 5.64. The van der Waals surface area contributed by atoms with Crippen molar-refractivity contribution in [2.45, 2.75) is 26.9 Å². The molecule has 1 heterocycles. The minimum atomic E-state index is -0.685. The van der Waals surface area contributed by atoms with Gasteiger partial charge in [0.25, 0.3) is 0 Å². The Morgan fingerprint density at radius 2 is 1.83 bits per heavy atom. The maximum absolute atomic E-state index is 12.0. The number of anilines is 1. The predicted octanol–water partition coefficient (Wildman–Crippen LogP) is 3.12. The molecule has 0 radical (unpaired) electrons. The van der Waals surface area contributed by atoms with Crippen molar-refractivity contribution in [1.82, 2.24) is 5.32 Å². The number of thiophene rings is 1. The molecular weight excluding hydrogens is 324 g/mol. The summed E-state index contributed by atoms with van der Waals surface area (Å²) in [5.74, 6) is -1.36. The van der Waals surface area contributed by atoms with Crippen molar-refractivity contribution in [3.05, 3.63) is 51.2 Å². The molecule has 2 N–H and O–H groups in total. The minimum Gasteiger partial charge on any atom is -0.374 e. The van der Waals surface area contributed by atoms with Gasteiger partial charge in [0, 0.05) is 29.1 Å². The van der Waals surface area contributed by atoms with E-state index in [1.54, 1.807) is 24.5 Å². The molecule has 0 bridgehead atoms. The van der Waals surface area contributed by atoms with Gasteiger partial charge in [-0.05, 0) is 56.2 Å². The van der Waals surface area contributed by atoms with Crippen molar-refractivity contribution in [2.75, 3.05) is 19.0 Å². The molecule has 24 heavy (non-hydrogen) atoms. The van der Waals surface area contributed by atoms with E-state index in [0.717, 1.165) is 16.0 Å². The lowest BCUT2D eigenvalue weighted by molar-refractivity contribution is -0.136. The highest BCUT2D eigenvalue weighted by atomic mass is 32.1. The lowest BCUT2D eigenvalue weighted by Gasteiger charge is -2.14. The van der Waals surface area contributed by atoms with Crippen molar-refractivity contribution >= 4 is 28.8 Å². The van der Waals surface area contributed by atoms with Gasteiger partial charge in [0.1, 0.15) is 6.10 Å². The van der Waals surface area contributed by atoms with Crippen molar-refractivity contribution < 1.29 is 14.3 Å². The summed E-state index contributed by atoms with van der Waals surface area (Å²) in [6.07, 6.45) is -0.262. The molecule has 0 aliphatic heterocycles. The van der Waals surface area contributed by atoms with Crippen LogP contribution in [-0.2, 0) is 14.3 Å². The zero-order valence-electron chi connectivity index (χ0n) is 14.3. The third kappa shape index (κ3) is 4.66. The highest BCUT2D eigenvalue weighted by Crippen LogP contribution is 2.24. The third-order valence-corrected chi connectivity index (χ3v) is 4.87. The van der Waals surface area contributed by atoms with Crippen LogP contribution in [0.3, 0.4) is 0 Å². The lowest BCUT2D eigenvalue weighted by atomic mass is 10.1. The van der Waals surface area contributed by atoms with E-state index < -0.39 is 11.8 Å². The first-order chi connectivity index (χ1) is 11.4. The smallest absolute Gasteiger partial charge is 0.313 e. The molecule has 1 aromatic heterocycles. The summed E-state index contributed by atoms with van der Waals surface area (Å²) in [5, 5.41) is 5.22. The average Bonchev–Trinajstić information content (AvgIpc) is 2.97. The monoisotopic (exact) mass is 346 g/mol. The SMILES string of the molecule is CO[C@H](CNC(=O)C(=O)Nc1ccc(C)c(C)c1)c1ccc(C)s1. The largest absolute Gasteiger partial charge is 0.374 e. The Morgan fingerprint density at radius 1 is 1.08 bits per heavy atom. The Kier molecular flexibility index (Phi) is 6.11. The van der Waals surface area contributed by atoms with Crippen LogP contribution < -0.4 is 10.6 Å². The second-order valence-corrected chi connectivity index (χ2v) is 6.96. The van der Waals surface area contributed by atoms with Gasteiger partial charge in [-0.1, -0.05) is 6.07 Å². The van der Waals surface area contributed by atoms with Gasteiger partial charge < -0.3 is 15.4 Å². The van der Waals surface area contributed by atoms with Gasteiger partial charge in [-0.2, -0.15) is 0 Å². The van der Waals surface area contributed by atoms with E-state index in [2.05, 4.69) is 10.6 Å². The third-order valence-electron chi connectivity index (χ3n) is 3.78. The van der Waals surface area contributed by atoms with Crippen LogP contribution in [0.1, 0.15) is 27.0 Å². The van der Waals surface area contributed by atoms with E-state index in [1.165, 1.54) is 4.88 Å². The number of amides is 2. The Bertz CT molecular complexity index is 740. The Balaban J connectivity index is 1.91. The molecule has 2 aromatic rings. The Morgan fingerprint density at radius 3 is 2.42 bits per heavy atom. The summed E-state index contributed by atoms with van der Waals surface area (Å²) in [5.41, 5.74) is 2.79. The van der Waals surface area contributed by atoms with Crippen LogP contribution >= 0.6 is 11.3 Å². The summed E-state index contributed by atoms with van der Waals surface area (Å²) in [4.78, 5) is 26.2. The fourth-order valence-corrected chi connectivity index (χ4v) is 3.15. The fourth-order valence-electron chi connectivity index (χ4n) is 2.20. The van der Waals surface area contributed by atoms with Gasteiger partial charge in [-0.15, -0.1) is 11.3 Å². The first kappa shape index (κ1) is 18.2. The highest BCUT2D eigenvalue weighted by Gasteiger charge is 2.18. The Hall–Kier alpha value is -2.18. The maximum atomic E-state index is 12.0. The van der Waals surface area contributed by atoms with Crippen molar-refractivity contribution in [1.29, 1.82) is 0 Å². The van der Waals surface area contributed by atoms with Gasteiger partial charge in [0.2, 0.25) is 0 Å². The summed E-state index contributed by atoms with van der Waals surface area (Å²) in [6, 6.07) is 9.49. The molecule has 6 heteroatoms. The van der Waals surface area contributed by atoms with Crippen LogP contribution in [0.25, 0.3) is 0 Å². The van der Waals surface area contributed by atoms with E-state index in [-0.39, 0.29) is 12.6 Å². The van der Waals surface area contributed by atoms with Gasteiger partial charge in [0.15, 0.2) is 0 Å². The van der Waals surface area contributed by atoms with Crippen LogP contribution in [0.5, 0.6) is 0 Å². The molecule has 0 saturated carbocycles. The molecule has 2 amide bonds. The predicted molar refractivity (Wildman–Crippen MR) is 96.4 cm³/mol. The second kappa shape index (κ2) is 8.08. The molecule has 2 rings (SSSR count). The van der Waals surface area contributed by atoms with Crippen LogP contribution in [0.15, 0.2) is 30.3 Å². The molecule has 0 aliphatic rings. The van der Waals surface area contributed by atoms with Gasteiger partial charge in [-0.3, -0.25) is 9.59 Å². The number of rotatable bonds is 5. The van der Waals surface area contributed by atoms with Gasteiger partial charge in [0.05, 0.1) is 0 Å². The zero-order valence-corrected chi connectivity index (χ0v) is 15.1. The number of nitrogens with one attached hydrogen (secondary N) is 2. The number of ether oxygens (including phenoxy) is 1. The number of carbonyl (C=O) groups is 2. The van der Waals surface area contributed by atoms with E-state index in [1.807, 2.05) is 45.0 Å². The van der Waals surface area contributed by atoms with Crippen molar-refractivity contribution in [3.8, 4) is 0 Å². The topological polar surface area (TPSA) is 67.4 Å². The standard InChI is InChI=1S/C18H22N2O3S/c1-11-5-7-14(9-12(11)2)20-18(22)17(21)19-10-15(23-4)16-8-6-13(3)24-16/h5-9,15H,10H2,1-4H3,(H,19,21)(H,20,22)/t15-/m1/s1. The molecule has 0 fully saturated rings. The summed E-state index contributed by atoms with van der Waals surface area (Å²) < 4.78 is 5.39. The summed E-state index contributed by atoms with van der Waals surface area (Å²) in [7, 11) is 1.58. The van der Waals surface area contributed by atoms with Gasteiger partial charge in [-0.25, -0.2) is 0 Å². The summed E-state index contributed by atoms with van der Waals surface area (Å²) >= 11 is 1.61. The molecule has 1 aromatic carbocycles. The van der Waals surface area contributed by atoms with E-state index in [0.29, 0.717) is 5.69 Å². The number of hydrogen-bond donors (Lipinski definition) is 2. The number of carbonyl (C=O) groups excluding carboxylic acids is 2.